The van der Waals surface area contributed by atoms with Gasteiger partial charge in [-0.05, 0) is 6.92 Å². The smallest absolute Gasteiger partial charge is 0.0959 e. The Bertz CT molecular complexity index is 35.3. The van der Waals surface area contributed by atoms with Gasteiger partial charge in [-0.2, -0.15) is 0 Å². The van der Waals surface area contributed by atoms with Gasteiger partial charge in [0, 0.05) is 6.42 Å². The zero-order chi connectivity index (χ0) is 4.99. The molecule has 0 nitrogen and oxygen atoms in total. The summed E-state index contributed by atoms with van der Waals surface area (Å²) in [4.78, 5) is 0. The van der Waals surface area contributed by atoms with Gasteiger partial charge < -0.3 is 0 Å². The number of hydrogen-bond donors (Lipinski definition) is 0. The van der Waals surface area contributed by atoms with E-state index >= 15 is 0 Å². The molecule has 0 aliphatic rings. The van der Waals surface area contributed by atoms with Crippen LogP contribution in [0.2, 0.25) is 0 Å². The minimum Gasteiger partial charge on any atom is -0.103 e. The van der Waals surface area contributed by atoms with E-state index < -0.39 is 0 Å². The van der Waals surface area contributed by atoms with E-state index in [4.69, 9.17) is 0 Å². The highest BCUT2D eigenvalue weighted by molar-refractivity contribution is 4.70. The lowest BCUT2D eigenvalue weighted by molar-refractivity contribution is 0.741. The molecular weight excluding hydrogens is 72.1 g/mol. The van der Waals surface area contributed by atoms with Crippen molar-refractivity contribution in [3.05, 3.63) is 19.6 Å². The Morgan fingerprint density at radius 2 is 2.50 bits per heavy atom. The van der Waals surface area contributed by atoms with Crippen molar-refractivity contribution in [3.63, 3.8) is 0 Å². The van der Waals surface area contributed by atoms with Gasteiger partial charge in [-0.1, -0.05) is 6.08 Å². The molecular formula is C6H11+. The number of allylic oxidation sites excluding steroid dienone is 1. The summed E-state index contributed by atoms with van der Waals surface area (Å²) in [7, 11) is 0. The van der Waals surface area contributed by atoms with E-state index in [2.05, 4.69) is 20.4 Å². The van der Waals surface area contributed by atoms with Gasteiger partial charge in [0.2, 0.25) is 0 Å². The van der Waals surface area contributed by atoms with Gasteiger partial charge in [0.1, 0.15) is 0 Å². The van der Waals surface area contributed by atoms with Crippen LogP contribution in [-0.4, -0.2) is 0 Å². The largest absolute Gasteiger partial charge is 0.103 e. The van der Waals surface area contributed by atoms with Gasteiger partial charge in [0.05, 0.1) is 12.8 Å². The minimum atomic E-state index is 0.530. The molecule has 0 amide bonds. The molecule has 34 valence electrons. The van der Waals surface area contributed by atoms with Crippen LogP contribution >= 0.6 is 0 Å². The van der Waals surface area contributed by atoms with E-state index in [9.17, 15) is 0 Å². The fourth-order valence-corrected chi connectivity index (χ4v) is 0.285. The van der Waals surface area contributed by atoms with Gasteiger partial charge in [-0.3, -0.25) is 0 Å². The van der Waals surface area contributed by atoms with Crippen LogP contribution < -0.4 is 0 Å². The maximum Gasteiger partial charge on any atom is 0.0959 e. The average Bonchev–Trinajstić information content (AvgIpc) is 1.35. The molecule has 0 aromatic carbocycles. The zero-order valence-electron chi connectivity index (χ0n) is 4.28. The Kier molecular flexibility index (Phi) is 2.64. The van der Waals surface area contributed by atoms with Crippen molar-refractivity contribution in [2.45, 2.75) is 13.3 Å². The summed E-state index contributed by atoms with van der Waals surface area (Å²) in [5.74, 6) is 0.530. The molecule has 0 N–H and O–H groups in total. The van der Waals surface area contributed by atoms with Crippen LogP contribution in [0.15, 0.2) is 12.7 Å². The summed E-state index contributed by atoms with van der Waals surface area (Å²) in [5.41, 5.74) is 0. The lowest BCUT2D eigenvalue weighted by Crippen LogP contribution is -1.79. The molecule has 0 saturated heterocycles. The quantitative estimate of drug-likeness (QED) is 0.354. The van der Waals surface area contributed by atoms with Crippen LogP contribution in [0.4, 0.5) is 0 Å². The van der Waals surface area contributed by atoms with Crippen molar-refractivity contribution in [3.8, 4) is 0 Å². The minimum absolute atomic E-state index is 0.530. The highest BCUT2D eigenvalue weighted by Crippen LogP contribution is 1.96. The van der Waals surface area contributed by atoms with Crippen LogP contribution in [0.25, 0.3) is 0 Å². The van der Waals surface area contributed by atoms with Crippen LogP contribution in [0.5, 0.6) is 0 Å². The standard InChI is InChI=1S/C6H11/c1-4-5-6(2)3/h4,6H,1-2,5H2,3H3/q+1. The van der Waals surface area contributed by atoms with Crippen molar-refractivity contribution in [1.82, 2.24) is 0 Å². The number of hydrogen-bond acceptors (Lipinski definition) is 0. The molecule has 0 radical (unpaired) electrons. The van der Waals surface area contributed by atoms with Gasteiger partial charge in [0.25, 0.3) is 0 Å². The Labute approximate surface area is 39.9 Å². The van der Waals surface area contributed by atoms with Gasteiger partial charge in [0.15, 0.2) is 0 Å². The maximum atomic E-state index is 3.76. The highest BCUT2D eigenvalue weighted by atomic mass is 13.9. The molecule has 0 aromatic heterocycles. The third-order valence-corrected chi connectivity index (χ3v) is 0.569. The molecule has 0 aliphatic carbocycles. The average molecular weight is 83.2 g/mol. The molecule has 0 fully saturated rings. The third kappa shape index (κ3) is 3.61. The zero-order valence-corrected chi connectivity index (χ0v) is 4.28. The van der Waals surface area contributed by atoms with Gasteiger partial charge >= 0.3 is 0 Å². The predicted octanol–water partition coefficient (Wildman–Crippen LogP) is 2.03. The van der Waals surface area contributed by atoms with E-state index in [0.29, 0.717) is 5.92 Å². The summed E-state index contributed by atoms with van der Waals surface area (Å²) >= 11 is 0. The van der Waals surface area contributed by atoms with Crippen LogP contribution in [0.1, 0.15) is 13.3 Å². The van der Waals surface area contributed by atoms with E-state index in [1.54, 1.807) is 0 Å². The maximum absolute atomic E-state index is 3.76. The van der Waals surface area contributed by atoms with Crippen molar-refractivity contribution < 1.29 is 0 Å². The molecule has 0 aromatic rings. The first kappa shape index (κ1) is 5.61. The molecule has 0 spiro atoms. The molecule has 1 atom stereocenters. The fourth-order valence-electron chi connectivity index (χ4n) is 0.285. The second kappa shape index (κ2) is 2.83. The topological polar surface area (TPSA) is 0 Å². The molecule has 6 heavy (non-hydrogen) atoms. The SMILES string of the molecule is C=CCC([CH2+])C. The van der Waals surface area contributed by atoms with E-state index in [1.807, 2.05) is 6.08 Å². The van der Waals surface area contributed by atoms with E-state index in [1.165, 1.54) is 0 Å². The lowest BCUT2D eigenvalue weighted by Gasteiger charge is -1.84. The molecule has 0 aliphatic heterocycles. The summed E-state index contributed by atoms with van der Waals surface area (Å²) < 4.78 is 0. The first-order chi connectivity index (χ1) is 2.77. The van der Waals surface area contributed by atoms with E-state index in [0.717, 1.165) is 6.42 Å². The Morgan fingerprint density at radius 1 is 2.00 bits per heavy atom. The molecule has 1 unspecified atom stereocenters. The Hall–Kier alpha value is -0.390. The molecule has 0 bridgehead atoms. The van der Waals surface area contributed by atoms with Crippen molar-refractivity contribution >= 4 is 0 Å². The summed E-state index contributed by atoms with van der Waals surface area (Å²) in [5, 5.41) is 0. The monoisotopic (exact) mass is 83.1 g/mol. The molecule has 0 heteroatoms. The highest BCUT2D eigenvalue weighted by Gasteiger charge is 1.91. The fraction of sp³-hybridized carbons (Fsp3) is 0.500. The second-order valence-electron chi connectivity index (χ2n) is 1.63. The number of rotatable bonds is 2. The van der Waals surface area contributed by atoms with Gasteiger partial charge in [-0.15, -0.1) is 6.58 Å². The first-order valence-corrected chi connectivity index (χ1v) is 2.21. The normalized spacial score (nSPS) is 13.5. The van der Waals surface area contributed by atoms with Crippen LogP contribution in [-0.2, 0) is 0 Å². The van der Waals surface area contributed by atoms with E-state index in [-0.39, 0.29) is 0 Å². The third-order valence-electron chi connectivity index (χ3n) is 0.569. The van der Waals surface area contributed by atoms with Crippen molar-refractivity contribution in [2.75, 3.05) is 0 Å². The molecule has 0 rings (SSSR count). The summed E-state index contributed by atoms with van der Waals surface area (Å²) in [6.07, 6.45) is 2.91. The molecule has 0 saturated carbocycles. The summed E-state index contributed by atoms with van der Waals surface area (Å²) in [6.45, 7) is 9.39. The van der Waals surface area contributed by atoms with Crippen LogP contribution in [0.3, 0.4) is 0 Å². The van der Waals surface area contributed by atoms with Crippen molar-refractivity contribution in [2.24, 2.45) is 5.92 Å². The molecule has 0 heterocycles. The second-order valence-corrected chi connectivity index (χ2v) is 1.63. The Morgan fingerprint density at radius 3 is 2.50 bits per heavy atom. The van der Waals surface area contributed by atoms with Gasteiger partial charge in [-0.25, -0.2) is 0 Å². The Balaban J connectivity index is 2.81. The van der Waals surface area contributed by atoms with Crippen LogP contribution in [0, 0.1) is 12.8 Å². The lowest BCUT2D eigenvalue weighted by atomic mass is 10.1. The van der Waals surface area contributed by atoms with Crippen molar-refractivity contribution in [1.29, 1.82) is 0 Å². The first-order valence-electron chi connectivity index (χ1n) is 2.21. The predicted molar refractivity (Wildman–Crippen MR) is 29.3 cm³/mol. The summed E-state index contributed by atoms with van der Waals surface area (Å²) in [6, 6.07) is 0.